The Bertz CT molecular complexity index is 677. The van der Waals surface area contributed by atoms with Crippen LogP contribution in [0.2, 0.25) is 0 Å². The minimum Gasteiger partial charge on any atom is -0.266 e. The van der Waals surface area contributed by atoms with Crippen LogP contribution in [0.4, 0.5) is 0 Å². The monoisotopic (exact) mass is 312 g/mol. The summed E-state index contributed by atoms with van der Waals surface area (Å²) >= 11 is 1.46. The second-order valence-electron chi connectivity index (χ2n) is 5.71. The Kier molecular flexibility index (Phi) is 4.68. The van der Waals surface area contributed by atoms with Gasteiger partial charge in [-0.15, -0.1) is 11.3 Å². The number of carbonyl (C=O) groups excluding carboxylic acids is 1. The lowest BCUT2D eigenvalue weighted by atomic mass is 9.99. The fourth-order valence-corrected chi connectivity index (χ4v) is 3.50. The Labute approximate surface area is 135 Å². The molecule has 1 amide bonds. The first-order valence-electron chi connectivity index (χ1n) is 7.74. The molecule has 1 aromatic carbocycles. The maximum Gasteiger partial charge on any atom is 0.282 e. The van der Waals surface area contributed by atoms with E-state index < -0.39 is 0 Å². The lowest BCUT2D eigenvalue weighted by molar-refractivity contribution is 0.0959. The Morgan fingerprint density at radius 1 is 1.09 bits per heavy atom. The standard InChI is InChI=1S/C18H20N2OS/c1-13-7-9-14(10-8-13)16-11-12-22-17(16)18(21)20-19-15-5-3-2-4-6-15/h7-12H,2-6H2,1H3,(H,20,21). The topological polar surface area (TPSA) is 41.5 Å². The van der Waals surface area contributed by atoms with Gasteiger partial charge < -0.3 is 0 Å². The molecule has 3 nitrogen and oxygen atoms in total. The summed E-state index contributed by atoms with van der Waals surface area (Å²) in [6.07, 6.45) is 5.66. The molecule has 1 N–H and O–H groups in total. The summed E-state index contributed by atoms with van der Waals surface area (Å²) in [6, 6.07) is 10.2. The largest absolute Gasteiger partial charge is 0.282 e. The number of hydrogen-bond acceptors (Lipinski definition) is 3. The van der Waals surface area contributed by atoms with Gasteiger partial charge in [-0.2, -0.15) is 5.10 Å². The molecule has 0 radical (unpaired) electrons. The number of thiophene rings is 1. The van der Waals surface area contributed by atoms with E-state index in [0.717, 1.165) is 34.6 Å². The number of benzene rings is 1. The van der Waals surface area contributed by atoms with Crippen LogP contribution in [0.5, 0.6) is 0 Å². The van der Waals surface area contributed by atoms with Crippen LogP contribution < -0.4 is 5.43 Å². The number of aryl methyl sites for hydroxylation is 1. The zero-order chi connectivity index (χ0) is 15.4. The second-order valence-corrected chi connectivity index (χ2v) is 6.63. The van der Waals surface area contributed by atoms with E-state index in [2.05, 4.69) is 41.7 Å². The van der Waals surface area contributed by atoms with Gasteiger partial charge in [0.1, 0.15) is 4.88 Å². The van der Waals surface area contributed by atoms with Crippen LogP contribution in [-0.2, 0) is 0 Å². The summed E-state index contributed by atoms with van der Waals surface area (Å²) in [6.45, 7) is 2.06. The van der Waals surface area contributed by atoms with Crippen molar-refractivity contribution in [1.82, 2.24) is 5.43 Å². The Morgan fingerprint density at radius 3 is 2.55 bits per heavy atom. The van der Waals surface area contributed by atoms with Gasteiger partial charge in [-0.25, -0.2) is 5.43 Å². The van der Waals surface area contributed by atoms with Crippen LogP contribution in [0.25, 0.3) is 11.1 Å². The molecule has 0 spiro atoms. The van der Waals surface area contributed by atoms with Crippen LogP contribution in [0.3, 0.4) is 0 Å². The number of hydrogen-bond donors (Lipinski definition) is 1. The molecule has 1 fully saturated rings. The number of amides is 1. The zero-order valence-electron chi connectivity index (χ0n) is 12.8. The molecule has 22 heavy (non-hydrogen) atoms. The van der Waals surface area contributed by atoms with Crippen molar-refractivity contribution >= 4 is 23.0 Å². The Morgan fingerprint density at radius 2 is 1.82 bits per heavy atom. The van der Waals surface area contributed by atoms with E-state index in [0.29, 0.717) is 0 Å². The molecular weight excluding hydrogens is 292 g/mol. The van der Waals surface area contributed by atoms with Crippen molar-refractivity contribution in [1.29, 1.82) is 0 Å². The molecule has 0 saturated heterocycles. The van der Waals surface area contributed by atoms with Crippen molar-refractivity contribution in [3.05, 3.63) is 46.2 Å². The summed E-state index contributed by atoms with van der Waals surface area (Å²) in [7, 11) is 0. The van der Waals surface area contributed by atoms with Crippen LogP contribution in [0.15, 0.2) is 40.8 Å². The van der Waals surface area contributed by atoms with Gasteiger partial charge in [0.2, 0.25) is 0 Å². The molecular formula is C18H20N2OS. The minimum absolute atomic E-state index is 0.108. The lowest BCUT2D eigenvalue weighted by Crippen LogP contribution is -2.20. The van der Waals surface area contributed by atoms with Crippen molar-refractivity contribution in [2.24, 2.45) is 5.10 Å². The fraction of sp³-hybridized carbons (Fsp3) is 0.333. The lowest BCUT2D eigenvalue weighted by Gasteiger charge is -2.12. The van der Waals surface area contributed by atoms with Gasteiger partial charge >= 0.3 is 0 Å². The van der Waals surface area contributed by atoms with Gasteiger partial charge in [-0.05, 0) is 49.6 Å². The van der Waals surface area contributed by atoms with Gasteiger partial charge in [0, 0.05) is 11.3 Å². The van der Waals surface area contributed by atoms with E-state index in [1.165, 1.54) is 36.2 Å². The highest BCUT2D eigenvalue weighted by molar-refractivity contribution is 7.12. The van der Waals surface area contributed by atoms with Crippen molar-refractivity contribution in [3.63, 3.8) is 0 Å². The average Bonchev–Trinajstić information content (AvgIpc) is 3.04. The van der Waals surface area contributed by atoms with Crippen LogP contribution in [0, 0.1) is 6.92 Å². The molecule has 114 valence electrons. The Balaban J connectivity index is 1.76. The maximum atomic E-state index is 12.4. The summed E-state index contributed by atoms with van der Waals surface area (Å²) in [5.41, 5.74) is 7.12. The molecule has 1 saturated carbocycles. The van der Waals surface area contributed by atoms with Gasteiger partial charge in [0.25, 0.3) is 5.91 Å². The molecule has 2 aromatic rings. The number of nitrogens with zero attached hydrogens (tertiary/aromatic N) is 1. The first-order valence-corrected chi connectivity index (χ1v) is 8.62. The summed E-state index contributed by atoms with van der Waals surface area (Å²) < 4.78 is 0. The summed E-state index contributed by atoms with van der Waals surface area (Å²) in [5.74, 6) is -0.108. The smallest absolute Gasteiger partial charge is 0.266 e. The predicted octanol–water partition coefficient (Wildman–Crippen LogP) is 4.77. The van der Waals surface area contributed by atoms with Gasteiger partial charge in [0.15, 0.2) is 0 Å². The van der Waals surface area contributed by atoms with Gasteiger partial charge in [-0.1, -0.05) is 36.2 Å². The molecule has 1 aliphatic carbocycles. The number of carbonyl (C=O) groups is 1. The average molecular weight is 312 g/mol. The molecule has 0 atom stereocenters. The van der Waals surface area contributed by atoms with Crippen molar-refractivity contribution in [2.75, 3.05) is 0 Å². The van der Waals surface area contributed by atoms with E-state index in [-0.39, 0.29) is 5.91 Å². The minimum atomic E-state index is -0.108. The second kappa shape index (κ2) is 6.88. The first-order chi connectivity index (χ1) is 10.7. The Hall–Kier alpha value is -1.94. The molecule has 1 aliphatic rings. The summed E-state index contributed by atoms with van der Waals surface area (Å²) in [4.78, 5) is 13.1. The highest BCUT2D eigenvalue weighted by atomic mass is 32.1. The number of hydrazone groups is 1. The highest BCUT2D eigenvalue weighted by Gasteiger charge is 2.15. The third kappa shape index (κ3) is 3.45. The quantitative estimate of drug-likeness (QED) is 0.815. The van der Waals surface area contributed by atoms with E-state index >= 15 is 0 Å². The maximum absolute atomic E-state index is 12.4. The van der Waals surface area contributed by atoms with Crippen LogP contribution in [0.1, 0.15) is 47.3 Å². The zero-order valence-corrected chi connectivity index (χ0v) is 13.6. The van der Waals surface area contributed by atoms with Crippen molar-refractivity contribution < 1.29 is 4.79 Å². The van der Waals surface area contributed by atoms with E-state index in [9.17, 15) is 4.79 Å². The molecule has 4 heteroatoms. The number of nitrogens with one attached hydrogen (secondary N) is 1. The molecule has 0 unspecified atom stereocenters. The van der Waals surface area contributed by atoms with Crippen LogP contribution >= 0.6 is 11.3 Å². The van der Waals surface area contributed by atoms with Crippen LogP contribution in [-0.4, -0.2) is 11.6 Å². The molecule has 0 bridgehead atoms. The van der Waals surface area contributed by atoms with Crippen molar-refractivity contribution in [2.45, 2.75) is 39.0 Å². The van der Waals surface area contributed by atoms with Crippen molar-refractivity contribution in [3.8, 4) is 11.1 Å². The number of rotatable bonds is 3. The summed E-state index contributed by atoms with van der Waals surface area (Å²) in [5, 5.41) is 6.27. The van der Waals surface area contributed by atoms with E-state index in [4.69, 9.17) is 0 Å². The molecule has 1 aromatic heterocycles. The normalized spacial score (nSPS) is 14.7. The molecule has 1 heterocycles. The first kappa shape index (κ1) is 15.0. The fourth-order valence-electron chi connectivity index (χ4n) is 2.70. The highest BCUT2D eigenvalue weighted by Crippen LogP contribution is 2.28. The third-order valence-electron chi connectivity index (χ3n) is 3.98. The third-order valence-corrected chi connectivity index (χ3v) is 4.89. The molecule has 0 aliphatic heterocycles. The van der Waals surface area contributed by atoms with E-state index in [1.54, 1.807) is 0 Å². The SMILES string of the molecule is Cc1ccc(-c2ccsc2C(=O)NN=C2CCCCC2)cc1. The van der Waals surface area contributed by atoms with Gasteiger partial charge in [-0.3, -0.25) is 4.79 Å². The molecule has 3 rings (SSSR count). The van der Waals surface area contributed by atoms with Gasteiger partial charge in [0.05, 0.1) is 0 Å². The predicted molar refractivity (Wildman–Crippen MR) is 92.5 cm³/mol. The van der Waals surface area contributed by atoms with E-state index in [1.807, 2.05) is 11.4 Å².